The van der Waals surface area contributed by atoms with Gasteiger partial charge in [-0.3, -0.25) is 9.58 Å². The van der Waals surface area contributed by atoms with E-state index in [1.807, 2.05) is 43.7 Å². The van der Waals surface area contributed by atoms with Crippen LogP contribution in [0.15, 0.2) is 55.1 Å². The number of benzene rings is 2. The quantitative estimate of drug-likeness (QED) is 0.460. The van der Waals surface area contributed by atoms with Crippen LogP contribution < -0.4 is 9.64 Å². The van der Waals surface area contributed by atoms with Gasteiger partial charge in [0.2, 0.25) is 5.95 Å². The van der Waals surface area contributed by atoms with E-state index in [9.17, 15) is 5.11 Å². The average Bonchev–Trinajstić information content (AvgIpc) is 3.50. The molecule has 166 valence electrons. The summed E-state index contributed by atoms with van der Waals surface area (Å²) in [5.74, 6) is 1.55. The standard InChI is InChI=1S/C23H27N7O2/c1-28-13-18(12-26-28)22-11-20(10-17-4-2-3-5-21(17)22)32-15-19(31)14-29-6-8-30(9-7-29)23-24-16-25-27-23/h2-5,10-13,16,19,31H,6-9,14-15H2,1H3,(H,24,25,27). The minimum atomic E-state index is -0.569. The van der Waals surface area contributed by atoms with E-state index in [2.05, 4.69) is 42.2 Å². The Bertz CT molecular complexity index is 1170. The van der Waals surface area contributed by atoms with Gasteiger partial charge in [0.05, 0.1) is 6.20 Å². The first kappa shape index (κ1) is 20.5. The number of aliphatic hydroxyl groups is 1. The Labute approximate surface area is 186 Å². The molecule has 2 aromatic heterocycles. The predicted octanol–water partition coefficient (Wildman–Crippen LogP) is 1.92. The van der Waals surface area contributed by atoms with Gasteiger partial charge < -0.3 is 14.7 Å². The van der Waals surface area contributed by atoms with Crippen molar-refractivity contribution in [3.63, 3.8) is 0 Å². The lowest BCUT2D eigenvalue weighted by Crippen LogP contribution is -2.49. The number of nitrogens with one attached hydrogen (secondary N) is 1. The van der Waals surface area contributed by atoms with Crippen LogP contribution in [0.2, 0.25) is 0 Å². The van der Waals surface area contributed by atoms with E-state index >= 15 is 0 Å². The zero-order valence-corrected chi connectivity index (χ0v) is 18.1. The zero-order valence-electron chi connectivity index (χ0n) is 18.1. The van der Waals surface area contributed by atoms with E-state index < -0.39 is 6.10 Å². The van der Waals surface area contributed by atoms with Crippen molar-refractivity contribution in [2.45, 2.75) is 6.10 Å². The normalized spacial score (nSPS) is 15.9. The summed E-state index contributed by atoms with van der Waals surface area (Å²) >= 11 is 0. The Morgan fingerprint density at radius 1 is 1.16 bits per heavy atom. The molecule has 0 saturated carbocycles. The van der Waals surface area contributed by atoms with Crippen molar-refractivity contribution in [3.05, 3.63) is 55.1 Å². The molecule has 0 radical (unpaired) electrons. The van der Waals surface area contributed by atoms with Gasteiger partial charge in [0.15, 0.2) is 0 Å². The molecule has 1 aliphatic heterocycles. The minimum absolute atomic E-state index is 0.243. The van der Waals surface area contributed by atoms with E-state index in [0.717, 1.165) is 59.8 Å². The van der Waals surface area contributed by atoms with Gasteiger partial charge in [-0.05, 0) is 28.5 Å². The highest BCUT2D eigenvalue weighted by molar-refractivity contribution is 5.97. The van der Waals surface area contributed by atoms with Gasteiger partial charge in [-0.1, -0.05) is 24.3 Å². The summed E-state index contributed by atoms with van der Waals surface area (Å²) in [6.45, 7) is 4.24. The summed E-state index contributed by atoms with van der Waals surface area (Å²) in [7, 11) is 1.91. The molecule has 0 spiro atoms. The Hall–Kier alpha value is -3.43. The van der Waals surface area contributed by atoms with Crippen LogP contribution in [0.4, 0.5) is 5.95 Å². The number of piperazine rings is 1. The van der Waals surface area contributed by atoms with E-state index in [4.69, 9.17) is 4.74 Å². The van der Waals surface area contributed by atoms with Crippen molar-refractivity contribution >= 4 is 16.7 Å². The number of aliphatic hydroxyl groups excluding tert-OH is 1. The molecule has 9 heteroatoms. The smallest absolute Gasteiger partial charge is 0.221 e. The summed E-state index contributed by atoms with van der Waals surface area (Å²) in [6.07, 6.45) is 4.81. The van der Waals surface area contributed by atoms with Crippen molar-refractivity contribution in [3.8, 4) is 16.9 Å². The van der Waals surface area contributed by atoms with E-state index in [1.165, 1.54) is 6.33 Å². The largest absolute Gasteiger partial charge is 0.491 e. The lowest BCUT2D eigenvalue weighted by Gasteiger charge is -2.35. The van der Waals surface area contributed by atoms with Gasteiger partial charge in [0.1, 0.15) is 24.8 Å². The highest BCUT2D eigenvalue weighted by Gasteiger charge is 2.21. The van der Waals surface area contributed by atoms with Crippen molar-refractivity contribution in [1.29, 1.82) is 0 Å². The molecule has 1 atom stereocenters. The van der Waals surface area contributed by atoms with E-state index in [0.29, 0.717) is 6.54 Å². The number of H-pyrrole nitrogens is 1. The maximum atomic E-state index is 10.6. The molecule has 2 N–H and O–H groups in total. The van der Waals surface area contributed by atoms with E-state index in [-0.39, 0.29) is 6.61 Å². The van der Waals surface area contributed by atoms with Crippen LogP contribution in [0.5, 0.6) is 5.75 Å². The number of anilines is 1. The van der Waals surface area contributed by atoms with Crippen LogP contribution in [0.3, 0.4) is 0 Å². The molecule has 1 fully saturated rings. The van der Waals surface area contributed by atoms with Gasteiger partial charge in [0.25, 0.3) is 0 Å². The fourth-order valence-corrected chi connectivity index (χ4v) is 4.20. The molecule has 0 bridgehead atoms. The molecule has 0 amide bonds. The van der Waals surface area contributed by atoms with Crippen molar-refractivity contribution in [2.24, 2.45) is 7.05 Å². The third kappa shape index (κ3) is 4.44. The molecule has 1 unspecified atom stereocenters. The minimum Gasteiger partial charge on any atom is -0.491 e. The molecule has 3 heterocycles. The van der Waals surface area contributed by atoms with Crippen LogP contribution in [-0.2, 0) is 7.05 Å². The third-order valence-corrected chi connectivity index (χ3v) is 5.84. The lowest BCUT2D eigenvalue weighted by molar-refractivity contribution is 0.0663. The number of fused-ring (bicyclic) bond motifs is 1. The number of ether oxygens (including phenoxy) is 1. The second kappa shape index (κ2) is 8.97. The Balaban J connectivity index is 1.21. The molecule has 1 saturated heterocycles. The summed E-state index contributed by atoms with van der Waals surface area (Å²) in [4.78, 5) is 8.63. The molecule has 5 rings (SSSR count). The number of aromatic nitrogens is 5. The van der Waals surface area contributed by atoms with Crippen LogP contribution in [0.1, 0.15) is 0 Å². The second-order valence-corrected chi connectivity index (χ2v) is 8.16. The number of rotatable bonds is 7. The van der Waals surface area contributed by atoms with Gasteiger partial charge >= 0.3 is 0 Å². The van der Waals surface area contributed by atoms with Crippen LogP contribution in [0, 0.1) is 0 Å². The first-order valence-electron chi connectivity index (χ1n) is 10.8. The summed E-state index contributed by atoms with van der Waals surface area (Å²) in [5, 5.41) is 24.0. The Morgan fingerprint density at radius 3 is 2.75 bits per heavy atom. The Kier molecular flexibility index (Phi) is 5.74. The highest BCUT2D eigenvalue weighted by Crippen LogP contribution is 2.33. The first-order chi connectivity index (χ1) is 15.7. The number of hydrogen-bond donors (Lipinski definition) is 2. The van der Waals surface area contributed by atoms with Crippen molar-refractivity contribution in [2.75, 3.05) is 44.2 Å². The molecule has 0 aliphatic carbocycles. The topological polar surface area (TPSA) is 95.3 Å². The highest BCUT2D eigenvalue weighted by atomic mass is 16.5. The van der Waals surface area contributed by atoms with Gasteiger partial charge in [0, 0.05) is 51.5 Å². The van der Waals surface area contributed by atoms with Gasteiger partial charge in [-0.25, -0.2) is 5.10 Å². The number of nitrogens with zero attached hydrogens (tertiary/aromatic N) is 6. The molecule has 4 aromatic rings. The molecular formula is C23H27N7O2. The second-order valence-electron chi connectivity index (χ2n) is 8.16. The third-order valence-electron chi connectivity index (χ3n) is 5.84. The average molecular weight is 434 g/mol. The van der Waals surface area contributed by atoms with Crippen LogP contribution in [0.25, 0.3) is 21.9 Å². The zero-order chi connectivity index (χ0) is 21.9. The van der Waals surface area contributed by atoms with Gasteiger partial charge in [-0.2, -0.15) is 15.2 Å². The number of aromatic amines is 1. The summed E-state index contributed by atoms with van der Waals surface area (Å²) in [5.41, 5.74) is 2.11. The molecule has 2 aromatic carbocycles. The Morgan fingerprint density at radius 2 is 2.00 bits per heavy atom. The number of aryl methyl sites for hydroxylation is 1. The molecule has 1 aliphatic rings. The monoisotopic (exact) mass is 433 g/mol. The first-order valence-corrected chi connectivity index (χ1v) is 10.8. The van der Waals surface area contributed by atoms with Crippen LogP contribution >= 0.6 is 0 Å². The molecular weight excluding hydrogens is 406 g/mol. The predicted molar refractivity (Wildman–Crippen MR) is 123 cm³/mol. The fraction of sp³-hybridized carbons (Fsp3) is 0.348. The summed E-state index contributed by atoms with van der Waals surface area (Å²) < 4.78 is 7.82. The molecule has 32 heavy (non-hydrogen) atoms. The maximum absolute atomic E-state index is 10.6. The van der Waals surface area contributed by atoms with Gasteiger partial charge in [-0.15, -0.1) is 0 Å². The van der Waals surface area contributed by atoms with Crippen LogP contribution in [-0.4, -0.2) is 80.4 Å². The number of β-amino-alcohol motifs (C(OH)–C–C–N with tert-alkyl or cyclic N) is 1. The lowest BCUT2D eigenvalue weighted by atomic mass is 10.00. The number of hydrogen-bond acceptors (Lipinski definition) is 7. The summed E-state index contributed by atoms with van der Waals surface area (Å²) in [6, 6.07) is 12.3. The maximum Gasteiger partial charge on any atom is 0.221 e. The van der Waals surface area contributed by atoms with Crippen molar-refractivity contribution < 1.29 is 9.84 Å². The fourth-order valence-electron chi connectivity index (χ4n) is 4.20. The SMILES string of the molecule is Cn1cc(-c2cc(OCC(O)CN3CCN(c4ncn[nH]4)CC3)cc3ccccc23)cn1. The van der Waals surface area contributed by atoms with E-state index in [1.54, 1.807) is 4.68 Å². The molecule has 9 nitrogen and oxygen atoms in total. The van der Waals surface area contributed by atoms with Crippen molar-refractivity contribution in [1.82, 2.24) is 29.9 Å².